The Kier molecular flexibility index (Phi) is 5.18. The Hall–Kier alpha value is -0.850. The summed E-state index contributed by atoms with van der Waals surface area (Å²) in [6.45, 7) is 7.35. The first-order chi connectivity index (χ1) is 8.73. The van der Waals surface area contributed by atoms with Crippen LogP contribution in [0.2, 0.25) is 0 Å². The third kappa shape index (κ3) is 4.06. The van der Waals surface area contributed by atoms with E-state index < -0.39 is 10.0 Å². The third-order valence-corrected chi connectivity index (χ3v) is 4.90. The molecule has 1 rings (SSSR count). The van der Waals surface area contributed by atoms with Crippen LogP contribution in [0.4, 0.5) is 0 Å². The number of hydrogen-bond acceptors (Lipinski definition) is 3. The van der Waals surface area contributed by atoms with E-state index in [0.29, 0.717) is 24.5 Å². The summed E-state index contributed by atoms with van der Waals surface area (Å²) in [7, 11) is -1.62. The molecule has 6 heteroatoms. The highest BCUT2D eigenvalue weighted by Crippen LogP contribution is 2.22. The lowest BCUT2D eigenvalue weighted by molar-refractivity contribution is 0.266. The molecule has 0 fully saturated rings. The average Bonchev–Trinajstić information content (AvgIpc) is 2.76. The molecule has 0 spiro atoms. The van der Waals surface area contributed by atoms with Crippen LogP contribution in [0.15, 0.2) is 23.4 Å². The van der Waals surface area contributed by atoms with Gasteiger partial charge in [-0.05, 0) is 24.4 Å². The molecular formula is C13H25N3O2S. The second-order valence-electron chi connectivity index (χ2n) is 5.72. The van der Waals surface area contributed by atoms with E-state index in [0.717, 1.165) is 6.42 Å². The Labute approximate surface area is 116 Å². The van der Waals surface area contributed by atoms with Gasteiger partial charge in [0.05, 0.1) is 4.90 Å². The van der Waals surface area contributed by atoms with Gasteiger partial charge >= 0.3 is 0 Å². The van der Waals surface area contributed by atoms with Crippen molar-refractivity contribution in [1.82, 2.24) is 8.87 Å². The zero-order valence-corrected chi connectivity index (χ0v) is 13.1. The fourth-order valence-electron chi connectivity index (χ4n) is 1.86. The van der Waals surface area contributed by atoms with E-state index in [1.54, 1.807) is 23.0 Å². The fraction of sp³-hybridized carbons (Fsp3) is 0.692. The lowest BCUT2D eigenvalue weighted by Gasteiger charge is -2.30. The van der Waals surface area contributed by atoms with Crippen molar-refractivity contribution >= 4 is 10.0 Å². The molecule has 1 aromatic heterocycles. The normalized spacial score (nSPS) is 13.2. The Morgan fingerprint density at radius 2 is 2.05 bits per heavy atom. The minimum absolute atomic E-state index is 0.225. The summed E-state index contributed by atoms with van der Waals surface area (Å²) >= 11 is 0. The van der Waals surface area contributed by atoms with Gasteiger partial charge in [-0.2, -0.15) is 4.31 Å². The maximum Gasteiger partial charge on any atom is 0.244 e. The van der Waals surface area contributed by atoms with Gasteiger partial charge in [0.25, 0.3) is 0 Å². The summed E-state index contributed by atoms with van der Waals surface area (Å²) in [5.74, 6) is 0. The van der Waals surface area contributed by atoms with Crippen molar-refractivity contribution in [2.45, 2.75) is 32.1 Å². The van der Waals surface area contributed by atoms with Gasteiger partial charge in [-0.25, -0.2) is 8.42 Å². The molecule has 0 saturated heterocycles. The first-order valence-electron chi connectivity index (χ1n) is 6.55. The second kappa shape index (κ2) is 6.07. The number of nitrogens with two attached hydrogens (primary N) is 1. The molecule has 1 aromatic rings. The van der Waals surface area contributed by atoms with Crippen LogP contribution in [0.3, 0.4) is 0 Å². The maximum atomic E-state index is 12.6. The number of rotatable bonds is 7. The molecule has 0 saturated carbocycles. The van der Waals surface area contributed by atoms with Crippen molar-refractivity contribution in [1.29, 1.82) is 0 Å². The molecule has 5 nitrogen and oxygen atoms in total. The minimum atomic E-state index is -3.43. The van der Waals surface area contributed by atoms with Crippen LogP contribution in [0, 0.1) is 5.41 Å². The largest absolute Gasteiger partial charge is 0.356 e. The lowest BCUT2D eigenvalue weighted by Crippen LogP contribution is -2.42. The van der Waals surface area contributed by atoms with Gasteiger partial charge in [0.15, 0.2) is 0 Å². The van der Waals surface area contributed by atoms with Crippen LogP contribution in [0.5, 0.6) is 0 Å². The van der Waals surface area contributed by atoms with E-state index in [-0.39, 0.29) is 5.41 Å². The molecule has 2 N–H and O–H groups in total. The minimum Gasteiger partial charge on any atom is -0.356 e. The molecular weight excluding hydrogens is 262 g/mol. The van der Waals surface area contributed by atoms with Gasteiger partial charge in [-0.15, -0.1) is 0 Å². The molecule has 0 radical (unpaired) electrons. The number of nitrogens with zero attached hydrogens (tertiary/aromatic N) is 2. The monoisotopic (exact) mass is 287 g/mol. The zero-order valence-electron chi connectivity index (χ0n) is 12.3. The number of sulfonamides is 1. The Balaban J connectivity index is 3.04. The van der Waals surface area contributed by atoms with E-state index in [2.05, 4.69) is 0 Å². The number of aromatic nitrogens is 1. The molecule has 0 unspecified atom stereocenters. The van der Waals surface area contributed by atoms with Crippen molar-refractivity contribution in [2.24, 2.45) is 18.2 Å². The van der Waals surface area contributed by atoms with Crippen LogP contribution >= 0.6 is 0 Å². The molecule has 0 aliphatic heterocycles. The Morgan fingerprint density at radius 1 is 1.42 bits per heavy atom. The van der Waals surface area contributed by atoms with Crippen LogP contribution in [0.1, 0.15) is 27.2 Å². The first kappa shape index (κ1) is 16.2. The zero-order chi connectivity index (χ0) is 14.7. The van der Waals surface area contributed by atoms with Gasteiger partial charge in [0.1, 0.15) is 0 Å². The SMILES string of the molecule is CCCN(CC(C)(C)CN)S(=O)(=O)c1ccn(C)c1. The first-order valence-corrected chi connectivity index (χ1v) is 7.99. The highest BCUT2D eigenvalue weighted by molar-refractivity contribution is 7.89. The van der Waals surface area contributed by atoms with Crippen LogP contribution in [-0.4, -0.2) is 36.9 Å². The van der Waals surface area contributed by atoms with Crippen molar-refractivity contribution in [3.05, 3.63) is 18.5 Å². The molecule has 19 heavy (non-hydrogen) atoms. The van der Waals surface area contributed by atoms with Crippen molar-refractivity contribution in [3.63, 3.8) is 0 Å². The summed E-state index contributed by atoms with van der Waals surface area (Å²) in [6.07, 6.45) is 4.16. The molecule has 1 heterocycles. The summed E-state index contributed by atoms with van der Waals surface area (Å²) in [5, 5.41) is 0. The molecule has 0 aliphatic carbocycles. The predicted molar refractivity (Wildman–Crippen MR) is 77.3 cm³/mol. The summed E-state index contributed by atoms with van der Waals surface area (Å²) in [4.78, 5) is 0.344. The third-order valence-electron chi connectivity index (χ3n) is 3.07. The van der Waals surface area contributed by atoms with Crippen molar-refractivity contribution in [3.8, 4) is 0 Å². The highest BCUT2D eigenvalue weighted by Gasteiger charge is 2.29. The standard InChI is InChI=1S/C13H25N3O2S/c1-5-7-16(11-13(2,3)10-14)19(17,18)12-6-8-15(4)9-12/h6,8-9H,5,7,10-11,14H2,1-4H3. The summed E-state index contributed by atoms with van der Waals surface area (Å²) in [6, 6.07) is 1.63. The summed E-state index contributed by atoms with van der Waals surface area (Å²) < 4.78 is 28.5. The van der Waals surface area contributed by atoms with Crippen LogP contribution in [0.25, 0.3) is 0 Å². The summed E-state index contributed by atoms with van der Waals surface area (Å²) in [5.41, 5.74) is 5.49. The van der Waals surface area contributed by atoms with Gasteiger partial charge in [0, 0.05) is 32.5 Å². The second-order valence-corrected chi connectivity index (χ2v) is 7.66. The average molecular weight is 287 g/mol. The van der Waals surface area contributed by atoms with E-state index in [1.165, 1.54) is 4.31 Å². The quantitative estimate of drug-likeness (QED) is 0.824. The van der Waals surface area contributed by atoms with Gasteiger partial charge in [0.2, 0.25) is 10.0 Å². The number of hydrogen-bond donors (Lipinski definition) is 1. The van der Waals surface area contributed by atoms with Crippen molar-refractivity contribution in [2.75, 3.05) is 19.6 Å². The Morgan fingerprint density at radius 3 is 2.47 bits per heavy atom. The lowest BCUT2D eigenvalue weighted by atomic mass is 9.94. The molecule has 0 bridgehead atoms. The Bertz CT molecular complexity index is 506. The van der Waals surface area contributed by atoms with Crippen LogP contribution < -0.4 is 5.73 Å². The number of aryl methyl sites for hydroxylation is 1. The van der Waals surface area contributed by atoms with Gasteiger partial charge in [-0.1, -0.05) is 20.8 Å². The van der Waals surface area contributed by atoms with E-state index in [9.17, 15) is 8.42 Å². The molecule has 0 aromatic carbocycles. The van der Waals surface area contributed by atoms with Crippen molar-refractivity contribution < 1.29 is 8.42 Å². The van der Waals surface area contributed by atoms with E-state index in [1.807, 2.05) is 27.8 Å². The topological polar surface area (TPSA) is 68.3 Å². The maximum absolute atomic E-state index is 12.6. The molecule has 0 amide bonds. The molecule has 0 atom stereocenters. The van der Waals surface area contributed by atoms with E-state index in [4.69, 9.17) is 5.73 Å². The molecule has 110 valence electrons. The molecule has 0 aliphatic rings. The fourth-order valence-corrected chi connectivity index (χ4v) is 3.63. The predicted octanol–water partition coefficient (Wildman–Crippen LogP) is 1.41. The highest BCUT2D eigenvalue weighted by atomic mass is 32.2. The smallest absolute Gasteiger partial charge is 0.244 e. The van der Waals surface area contributed by atoms with E-state index >= 15 is 0 Å². The van der Waals surface area contributed by atoms with Gasteiger partial charge < -0.3 is 10.3 Å². The van der Waals surface area contributed by atoms with Crippen LogP contribution in [-0.2, 0) is 17.1 Å². The van der Waals surface area contributed by atoms with Gasteiger partial charge in [-0.3, -0.25) is 0 Å².